The molecular formula is C15H19N3O4S. The Balaban J connectivity index is 2.11. The van der Waals surface area contributed by atoms with E-state index in [1.54, 1.807) is 37.7 Å². The molecular weight excluding hydrogens is 318 g/mol. The Kier molecular flexibility index (Phi) is 5.05. The molecule has 1 amide bonds. The number of aromatic nitrogens is 2. The lowest BCUT2D eigenvalue weighted by Gasteiger charge is -2.22. The third kappa shape index (κ3) is 4.82. The molecule has 2 aromatic heterocycles. The number of rotatable bonds is 5. The number of ether oxygens (including phenoxy) is 1. The first-order chi connectivity index (χ1) is 10.8. The third-order valence-corrected chi connectivity index (χ3v) is 3.69. The molecule has 0 saturated heterocycles. The molecule has 2 heterocycles. The van der Waals surface area contributed by atoms with E-state index in [2.05, 4.69) is 10.3 Å². The Hall–Kier alpha value is -2.35. The second-order valence-electron chi connectivity index (χ2n) is 5.92. The van der Waals surface area contributed by atoms with Crippen LogP contribution in [0.4, 0.5) is 4.79 Å². The number of aliphatic carboxylic acids is 1. The molecule has 124 valence electrons. The number of thiophene rings is 1. The van der Waals surface area contributed by atoms with E-state index in [1.165, 1.54) is 11.3 Å². The van der Waals surface area contributed by atoms with Crippen molar-refractivity contribution in [2.75, 3.05) is 0 Å². The molecule has 23 heavy (non-hydrogen) atoms. The van der Waals surface area contributed by atoms with Crippen LogP contribution < -0.4 is 5.32 Å². The molecule has 2 rings (SSSR count). The zero-order valence-corrected chi connectivity index (χ0v) is 14.0. The molecule has 0 aliphatic heterocycles. The van der Waals surface area contributed by atoms with Crippen molar-refractivity contribution in [1.82, 2.24) is 14.9 Å². The van der Waals surface area contributed by atoms with Crippen LogP contribution in [0.15, 0.2) is 29.9 Å². The van der Waals surface area contributed by atoms with Crippen LogP contribution in [0, 0.1) is 0 Å². The molecule has 1 unspecified atom stereocenters. The minimum Gasteiger partial charge on any atom is -0.480 e. The number of alkyl carbamates (subject to hydrolysis) is 1. The van der Waals surface area contributed by atoms with E-state index >= 15 is 0 Å². The molecule has 1 atom stereocenters. The number of nitrogens with zero attached hydrogens (tertiary/aromatic N) is 2. The van der Waals surface area contributed by atoms with Gasteiger partial charge in [0.15, 0.2) is 0 Å². The molecule has 0 aliphatic rings. The van der Waals surface area contributed by atoms with Gasteiger partial charge < -0.3 is 19.7 Å². The Morgan fingerprint density at radius 1 is 1.48 bits per heavy atom. The summed E-state index contributed by atoms with van der Waals surface area (Å²) in [6, 6.07) is 2.69. The van der Waals surface area contributed by atoms with Crippen LogP contribution in [-0.4, -0.2) is 38.4 Å². The number of hydrogen-bond acceptors (Lipinski definition) is 5. The molecule has 2 N–H and O–H groups in total. The number of carbonyl (C=O) groups is 2. The highest BCUT2D eigenvalue weighted by atomic mass is 32.1. The second-order valence-corrected chi connectivity index (χ2v) is 6.87. The van der Waals surface area contributed by atoms with Crippen molar-refractivity contribution >= 4 is 23.4 Å². The third-order valence-electron chi connectivity index (χ3n) is 2.83. The first-order valence-electron chi connectivity index (χ1n) is 7.03. The minimum atomic E-state index is -1.14. The van der Waals surface area contributed by atoms with Crippen molar-refractivity contribution in [3.8, 4) is 10.7 Å². The molecule has 2 aromatic rings. The molecule has 8 heteroatoms. The largest absolute Gasteiger partial charge is 0.480 e. The zero-order chi connectivity index (χ0) is 17.0. The standard InChI is InChI=1S/C15H19N3O4S/c1-15(2,3)22-14(21)17-10(13(19)20)9-18-7-6-16-12(18)11-5-4-8-23-11/h4-8,10H,9H2,1-3H3,(H,17,21)(H,19,20). The van der Waals surface area contributed by atoms with Crippen molar-refractivity contribution in [1.29, 1.82) is 0 Å². The molecule has 0 aliphatic carbocycles. The number of carboxylic acids is 1. The lowest BCUT2D eigenvalue weighted by atomic mass is 10.2. The normalized spacial score (nSPS) is 12.7. The van der Waals surface area contributed by atoms with Gasteiger partial charge >= 0.3 is 12.1 Å². The van der Waals surface area contributed by atoms with Crippen LogP contribution in [-0.2, 0) is 16.1 Å². The van der Waals surface area contributed by atoms with Crippen molar-refractivity contribution < 1.29 is 19.4 Å². The number of imidazole rings is 1. The van der Waals surface area contributed by atoms with E-state index in [9.17, 15) is 14.7 Å². The Morgan fingerprint density at radius 2 is 2.22 bits per heavy atom. The maximum absolute atomic E-state index is 11.8. The average molecular weight is 337 g/mol. The number of amides is 1. The van der Waals surface area contributed by atoms with Gasteiger partial charge in [0, 0.05) is 12.4 Å². The summed E-state index contributed by atoms with van der Waals surface area (Å²) >= 11 is 1.51. The summed E-state index contributed by atoms with van der Waals surface area (Å²) in [7, 11) is 0. The maximum atomic E-state index is 11.8. The van der Waals surface area contributed by atoms with Crippen LogP contribution >= 0.6 is 11.3 Å². The smallest absolute Gasteiger partial charge is 0.408 e. The van der Waals surface area contributed by atoms with Gasteiger partial charge in [0.05, 0.1) is 11.4 Å². The van der Waals surface area contributed by atoms with Gasteiger partial charge in [-0.15, -0.1) is 11.3 Å². The highest BCUT2D eigenvalue weighted by Gasteiger charge is 2.25. The molecule has 0 bridgehead atoms. The lowest BCUT2D eigenvalue weighted by Crippen LogP contribution is -2.45. The topological polar surface area (TPSA) is 93.5 Å². The van der Waals surface area contributed by atoms with E-state index in [0.717, 1.165) is 4.88 Å². The van der Waals surface area contributed by atoms with E-state index in [0.29, 0.717) is 5.82 Å². The number of nitrogens with one attached hydrogen (secondary N) is 1. The molecule has 0 aromatic carbocycles. The SMILES string of the molecule is CC(C)(C)OC(=O)NC(Cn1ccnc1-c1cccs1)C(=O)O. The Bertz CT molecular complexity index is 673. The highest BCUT2D eigenvalue weighted by molar-refractivity contribution is 7.13. The summed E-state index contributed by atoms with van der Waals surface area (Å²) in [4.78, 5) is 28.4. The second kappa shape index (κ2) is 6.82. The quantitative estimate of drug-likeness (QED) is 0.874. The van der Waals surface area contributed by atoms with Gasteiger partial charge in [0.1, 0.15) is 17.5 Å². The van der Waals surface area contributed by atoms with Crippen LogP contribution in [0.1, 0.15) is 20.8 Å². The summed E-state index contributed by atoms with van der Waals surface area (Å²) in [6.07, 6.45) is 2.52. The van der Waals surface area contributed by atoms with Crippen LogP contribution in [0.25, 0.3) is 10.7 Å². The predicted molar refractivity (Wildman–Crippen MR) is 86.3 cm³/mol. The molecule has 0 spiro atoms. The fourth-order valence-corrected chi connectivity index (χ4v) is 2.66. The van der Waals surface area contributed by atoms with Crippen molar-refractivity contribution in [2.45, 2.75) is 39.0 Å². The van der Waals surface area contributed by atoms with Gasteiger partial charge in [-0.1, -0.05) is 6.07 Å². The van der Waals surface area contributed by atoms with Crippen molar-refractivity contribution in [3.05, 3.63) is 29.9 Å². The fraction of sp³-hybridized carbons (Fsp3) is 0.400. The summed E-state index contributed by atoms with van der Waals surface area (Å²) in [5, 5.41) is 13.6. The molecule has 0 radical (unpaired) electrons. The van der Waals surface area contributed by atoms with Gasteiger partial charge in [-0.05, 0) is 32.2 Å². The monoisotopic (exact) mass is 337 g/mol. The lowest BCUT2D eigenvalue weighted by molar-refractivity contribution is -0.139. The number of carbonyl (C=O) groups excluding carboxylic acids is 1. The van der Waals surface area contributed by atoms with Crippen LogP contribution in [0.5, 0.6) is 0 Å². The summed E-state index contributed by atoms with van der Waals surface area (Å²) in [6.45, 7) is 5.20. The predicted octanol–water partition coefficient (Wildman–Crippen LogP) is 2.59. The van der Waals surface area contributed by atoms with Crippen molar-refractivity contribution in [2.24, 2.45) is 0 Å². The van der Waals surface area contributed by atoms with Gasteiger partial charge in [-0.3, -0.25) is 0 Å². The first kappa shape index (κ1) is 17.0. The fourth-order valence-electron chi connectivity index (χ4n) is 1.92. The van der Waals surface area contributed by atoms with Crippen LogP contribution in [0.2, 0.25) is 0 Å². The van der Waals surface area contributed by atoms with Gasteiger partial charge in [0.25, 0.3) is 0 Å². The van der Waals surface area contributed by atoms with Gasteiger partial charge in [0.2, 0.25) is 0 Å². The summed E-state index contributed by atoms with van der Waals surface area (Å²) in [5.74, 6) is -0.473. The average Bonchev–Trinajstić information content (AvgIpc) is 3.05. The maximum Gasteiger partial charge on any atom is 0.408 e. The Labute approximate surface area is 137 Å². The summed E-state index contributed by atoms with van der Waals surface area (Å²) < 4.78 is 6.80. The van der Waals surface area contributed by atoms with E-state index in [4.69, 9.17) is 4.74 Å². The highest BCUT2D eigenvalue weighted by Crippen LogP contribution is 2.23. The van der Waals surface area contributed by atoms with E-state index < -0.39 is 23.7 Å². The minimum absolute atomic E-state index is 0.0574. The number of hydrogen-bond donors (Lipinski definition) is 2. The summed E-state index contributed by atoms with van der Waals surface area (Å²) in [5.41, 5.74) is -0.690. The van der Waals surface area contributed by atoms with E-state index in [-0.39, 0.29) is 6.54 Å². The van der Waals surface area contributed by atoms with Crippen LogP contribution in [0.3, 0.4) is 0 Å². The molecule has 0 fully saturated rings. The van der Waals surface area contributed by atoms with E-state index in [1.807, 2.05) is 17.5 Å². The van der Waals surface area contributed by atoms with Crippen molar-refractivity contribution in [3.63, 3.8) is 0 Å². The zero-order valence-electron chi connectivity index (χ0n) is 13.1. The van der Waals surface area contributed by atoms with Gasteiger partial charge in [-0.25, -0.2) is 14.6 Å². The molecule has 7 nitrogen and oxygen atoms in total. The first-order valence-corrected chi connectivity index (χ1v) is 7.91. The molecule has 0 saturated carbocycles. The van der Waals surface area contributed by atoms with Gasteiger partial charge in [-0.2, -0.15) is 0 Å². The number of carboxylic acid groups (broad SMARTS) is 1. The Morgan fingerprint density at radius 3 is 2.78 bits per heavy atom.